The van der Waals surface area contributed by atoms with E-state index in [0.717, 1.165) is 5.92 Å². The van der Waals surface area contributed by atoms with E-state index in [4.69, 9.17) is 0 Å². The van der Waals surface area contributed by atoms with Gasteiger partial charge in [-0.05, 0) is 44.4 Å². The van der Waals surface area contributed by atoms with Gasteiger partial charge in [0.1, 0.15) is 0 Å². The van der Waals surface area contributed by atoms with Crippen molar-refractivity contribution in [3.63, 3.8) is 0 Å². The summed E-state index contributed by atoms with van der Waals surface area (Å²) < 4.78 is 0. The lowest BCUT2D eigenvalue weighted by molar-refractivity contribution is 0.303. The smallest absolute Gasteiger partial charge is 0.0602 e. The van der Waals surface area contributed by atoms with Crippen molar-refractivity contribution in [3.8, 4) is 0 Å². The van der Waals surface area contributed by atoms with Gasteiger partial charge in [0, 0.05) is 12.2 Å². The minimum Gasteiger partial charge on any atom is -0.312 e. The Hall–Kier alpha value is -0.890. The Bertz CT molecular complexity index is 381. The van der Waals surface area contributed by atoms with Gasteiger partial charge >= 0.3 is 0 Å². The predicted octanol–water partition coefficient (Wildman–Crippen LogP) is 3.93. The van der Waals surface area contributed by atoms with Gasteiger partial charge in [-0.1, -0.05) is 38.2 Å². The molecule has 1 saturated carbocycles. The van der Waals surface area contributed by atoms with E-state index in [9.17, 15) is 0 Å². The number of aromatic nitrogens is 1. The first kappa shape index (κ1) is 13.5. The van der Waals surface area contributed by atoms with E-state index in [2.05, 4.69) is 37.3 Å². The summed E-state index contributed by atoms with van der Waals surface area (Å²) in [7, 11) is 2.06. The van der Waals surface area contributed by atoms with Crippen LogP contribution in [0.25, 0.3) is 0 Å². The van der Waals surface area contributed by atoms with Crippen LogP contribution >= 0.6 is 0 Å². The lowest BCUT2D eigenvalue weighted by Crippen LogP contribution is -2.23. The summed E-state index contributed by atoms with van der Waals surface area (Å²) in [6, 6.07) is 2.67. The van der Waals surface area contributed by atoms with Crippen molar-refractivity contribution < 1.29 is 0 Å². The third-order valence-corrected chi connectivity index (χ3v) is 4.23. The van der Waals surface area contributed by atoms with Crippen molar-refractivity contribution in [2.75, 3.05) is 7.05 Å². The van der Waals surface area contributed by atoms with Gasteiger partial charge in [0.2, 0.25) is 0 Å². The van der Waals surface area contributed by atoms with Gasteiger partial charge in [-0.3, -0.25) is 4.98 Å². The molecule has 1 aliphatic rings. The van der Waals surface area contributed by atoms with Crippen LogP contribution in [0, 0.1) is 19.8 Å². The van der Waals surface area contributed by atoms with Crippen LogP contribution in [-0.2, 0) is 0 Å². The molecule has 2 nitrogen and oxygen atoms in total. The van der Waals surface area contributed by atoms with Crippen molar-refractivity contribution in [1.29, 1.82) is 0 Å². The first-order chi connectivity index (χ1) is 8.70. The van der Waals surface area contributed by atoms with E-state index in [1.807, 2.05) is 6.20 Å². The molecule has 1 fully saturated rings. The van der Waals surface area contributed by atoms with Crippen LogP contribution in [0.15, 0.2) is 12.3 Å². The molecule has 1 aromatic rings. The predicted molar refractivity (Wildman–Crippen MR) is 76.7 cm³/mol. The van der Waals surface area contributed by atoms with E-state index in [0.29, 0.717) is 6.04 Å². The zero-order chi connectivity index (χ0) is 13.0. The molecule has 0 spiro atoms. The zero-order valence-electron chi connectivity index (χ0n) is 12.0. The molecule has 2 heteroatoms. The Balaban J connectivity index is 2.07. The molecule has 1 aromatic heterocycles. The van der Waals surface area contributed by atoms with Crippen LogP contribution in [0.3, 0.4) is 0 Å². The second-order valence-corrected chi connectivity index (χ2v) is 5.80. The Labute approximate surface area is 111 Å². The van der Waals surface area contributed by atoms with Gasteiger partial charge in [0.15, 0.2) is 0 Å². The lowest BCUT2D eigenvalue weighted by atomic mass is 9.83. The normalized spacial score (nSPS) is 18.8. The zero-order valence-corrected chi connectivity index (χ0v) is 12.0. The Kier molecular flexibility index (Phi) is 4.76. The molecule has 1 N–H and O–H groups in total. The summed E-state index contributed by atoms with van der Waals surface area (Å²) in [5.41, 5.74) is 3.82. The van der Waals surface area contributed by atoms with Crippen LogP contribution in [0.4, 0.5) is 0 Å². The molecule has 18 heavy (non-hydrogen) atoms. The van der Waals surface area contributed by atoms with Crippen molar-refractivity contribution in [1.82, 2.24) is 10.3 Å². The van der Waals surface area contributed by atoms with Gasteiger partial charge in [0.05, 0.1) is 5.69 Å². The summed E-state index contributed by atoms with van der Waals surface area (Å²) in [5.74, 6) is 0.888. The number of aryl methyl sites for hydroxylation is 2. The molecule has 0 bridgehead atoms. The first-order valence-corrected chi connectivity index (χ1v) is 7.31. The number of rotatable bonds is 4. The van der Waals surface area contributed by atoms with Crippen LogP contribution in [0.1, 0.15) is 61.4 Å². The second kappa shape index (κ2) is 6.33. The monoisotopic (exact) mass is 246 g/mol. The van der Waals surface area contributed by atoms with Gasteiger partial charge < -0.3 is 5.32 Å². The topological polar surface area (TPSA) is 24.9 Å². The molecule has 1 heterocycles. The molecule has 0 radical (unpaired) electrons. The number of nitrogens with one attached hydrogen (secondary N) is 1. The highest BCUT2D eigenvalue weighted by Crippen LogP contribution is 2.32. The van der Waals surface area contributed by atoms with Gasteiger partial charge in [-0.2, -0.15) is 0 Å². The molecule has 0 saturated heterocycles. The number of nitrogens with zero attached hydrogens (tertiary/aromatic N) is 1. The molecule has 0 amide bonds. The SMILES string of the molecule is CNC(CC1CCCCC1)c1ncc(C)cc1C. The third-order valence-electron chi connectivity index (χ3n) is 4.23. The molecule has 1 unspecified atom stereocenters. The Morgan fingerprint density at radius 2 is 2.00 bits per heavy atom. The quantitative estimate of drug-likeness (QED) is 0.870. The summed E-state index contributed by atoms with van der Waals surface area (Å²) in [4.78, 5) is 4.65. The number of pyridine rings is 1. The van der Waals surface area contributed by atoms with Gasteiger partial charge in [0.25, 0.3) is 0 Å². The maximum atomic E-state index is 4.65. The van der Waals surface area contributed by atoms with E-state index >= 15 is 0 Å². The molecule has 0 aromatic carbocycles. The summed E-state index contributed by atoms with van der Waals surface area (Å²) in [6.07, 6.45) is 10.3. The lowest BCUT2D eigenvalue weighted by Gasteiger charge is -2.27. The largest absolute Gasteiger partial charge is 0.312 e. The molecule has 100 valence electrons. The van der Waals surface area contributed by atoms with Crippen molar-refractivity contribution in [2.45, 2.75) is 58.4 Å². The average molecular weight is 246 g/mol. The van der Waals surface area contributed by atoms with E-state index in [-0.39, 0.29) is 0 Å². The highest BCUT2D eigenvalue weighted by atomic mass is 14.9. The summed E-state index contributed by atoms with van der Waals surface area (Å²) in [5, 5.41) is 3.46. The van der Waals surface area contributed by atoms with E-state index < -0.39 is 0 Å². The van der Waals surface area contributed by atoms with Crippen molar-refractivity contribution >= 4 is 0 Å². The highest BCUT2D eigenvalue weighted by Gasteiger charge is 2.21. The van der Waals surface area contributed by atoms with Gasteiger partial charge in [-0.15, -0.1) is 0 Å². The molecular formula is C16H26N2. The first-order valence-electron chi connectivity index (χ1n) is 7.31. The Morgan fingerprint density at radius 3 is 2.61 bits per heavy atom. The maximum Gasteiger partial charge on any atom is 0.0602 e. The van der Waals surface area contributed by atoms with Crippen molar-refractivity contribution in [3.05, 3.63) is 29.1 Å². The molecule has 1 aliphatic carbocycles. The Morgan fingerprint density at radius 1 is 1.28 bits per heavy atom. The highest BCUT2D eigenvalue weighted by molar-refractivity contribution is 5.25. The fourth-order valence-electron chi connectivity index (χ4n) is 3.21. The van der Waals surface area contributed by atoms with Crippen molar-refractivity contribution in [2.24, 2.45) is 5.92 Å². The van der Waals surface area contributed by atoms with Crippen LogP contribution in [0.2, 0.25) is 0 Å². The summed E-state index contributed by atoms with van der Waals surface area (Å²) in [6.45, 7) is 4.29. The average Bonchev–Trinajstić information content (AvgIpc) is 2.38. The van der Waals surface area contributed by atoms with Crippen LogP contribution in [0.5, 0.6) is 0 Å². The summed E-state index contributed by atoms with van der Waals surface area (Å²) >= 11 is 0. The molecule has 1 atom stereocenters. The molecule has 2 rings (SSSR count). The van der Waals surface area contributed by atoms with Crippen LogP contribution in [-0.4, -0.2) is 12.0 Å². The standard InChI is InChI=1S/C16H26N2/c1-12-9-13(2)16(18-11-12)15(17-3)10-14-7-5-4-6-8-14/h9,11,14-15,17H,4-8,10H2,1-3H3. The number of hydrogen-bond acceptors (Lipinski definition) is 2. The molecule has 0 aliphatic heterocycles. The fraction of sp³-hybridized carbons (Fsp3) is 0.688. The second-order valence-electron chi connectivity index (χ2n) is 5.80. The van der Waals surface area contributed by atoms with Gasteiger partial charge in [-0.25, -0.2) is 0 Å². The minimum atomic E-state index is 0.425. The maximum absolute atomic E-state index is 4.65. The molecular weight excluding hydrogens is 220 g/mol. The van der Waals surface area contributed by atoms with E-state index in [1.165, 1.54) is 55.3 Å². The van der Waals surface area contributed by atoms with E-state index in [1.54, 1.807) is 0 Å². The number of hydrogen-bond donors (Lipinski definition) is 1. The fourth-order valence-corrected chi connectivity index (χ4v) is 3.21. The minimum absolute atomic E-state index is 0.425. The third kappa shape index (κ3) is 3.32. The van der Waals surface area contributed by atoms with Crippen LogP contribution < -0.4 is 5.32 Å².